The predicted molar refractivity (Wildman–Crippen MR) is 84.2 cm³/mol. The van der Waals surface area contributed by atoms with Gasteiger partial charge in [0.2, 0.25) is 5.91 Å². The minimum atomic E-state index is 0.200. The Bertz CT molecular complexity index is 454. The first-order chi connectivity index (χ1) is 10.1. The zero-order valence-electron chi connectivity index (χ0n) is 13.2. The quantitative estimate of drug-likeness (QED) is 0.736. The number of aryl methyl sites for hydroxylation is 1. The van der Waals surface area contributed by atoms with E-state index in [9.17, 15) is 4.79 Å². The Hall–Kier alpha value is -1.08. The second kappa shape index (κ2) is 7.79. The van der Waals surface area contributed by atoms with Gasteiger partial charge in [0.25, 0.3) is 0 Å². The van der Waals surface area contributed by atoms with Crippen molar-refractivity contribution in [2.24, 2.45) is 13.0 Å². The van der Waals surface area contributed by atoms with Crippen LogP contribution in [0.1, 0.15) is 20.3 Å². The molecule has 1 amide bonds. The molecule has 118 valence electrons. The van der Waals surface area contributed by atoms with E-state index < -0.39 is 0 Å². The number of aromatic nitrogens is 3. The zero-order valence-corrected chi connectivity index (χ0v) is 14.0. The molecule has 7 heteroatoms. The molecule has 1 fully saturated rings. The summed E-state index contributed by atoms with van der Waals surface area (Å²) in [6.07, 6.45) is 2.89. The largest absolute Gasteiger partial charge is 0.339 e. The van der Waals surface area contributed by atoms with Crippen LogP contribution in [-0.2, 0) is 11.8 Å². The number of hydrogen-bond acceptors (Lipinski definition) is 5. The molecule has 0 unspecified atom stereocenters. The first kappa shape index (κ1) is 16.3. The van der Waals surface area contributed by atoms with Crippen LogP contribution >= 0.6 is 11.8 Å². The van der Waals surface area contributed by atoms with E-state index in [-0.39, 0.29) is 5.91 Å². The maximum absolute atomic E-state index is 12.2. The highest BCUT2D eigenvalue weighted by Gasteiger charge is 2.21. The van der Waals surface area contributed by atoms with Crippen molar-refractivity contribution >= 4 is 17.7 Å². The number of carbonyl (C=O) groups is 1. The van der Waals surface area contributed by atoms with Crippen molar-refractivity contribution in [2.45, 2.75) is 25.4 Å². The summed E-state index contributed by atoms with van der Waals surface area (Å²) in [6, 6.07) is 0. The number of nitrogens with zero attached hydrogens (tertiary/aromatic N) is 5. The van der Waals surface area contributed by atoms with Crippen molar-refractivity contribution in [2.75, 3.05) is 38.5 Å². The van der Waals surface area contributed by atoms with Gasteiger partial charge in [0.15, 0.2) is 5.16 Å². The second-order valence-corrected chi connectivity index (χ2v) is 6.86. The monoisotopic (exact) mass is 311 g/mol. The highest BCUT2D eigenvalue weighted by molar-refractivity contribution is 7.99. The fourth-order valence-corrected chi connectivity index (χ4v) is 3.07. The van der Waals surface area contributed by atoms with Gasteiger partial charge in [-0.2, -0.15) is 0 Å². The van der Waals surface area contributed by atoms with Crippen molar-refractivity contribution in [3.63, 3.8) is 0 Å². The van der Waals surface area contributed by atoms with Crippen LogP contribution in [0.15, 0.2) is 11.5 Å². The molecule has 1 aliphatic heterocycles. The lowest BCUT2D eigenvalue weighted by Gasteiger charge is -2.35. The molecule has 6 nitrogen and oxygen atoms in total. The number of amides is 1. The summed E-state index contributed by atoms with van der Waals surface area (Å²) in [6.45, 7) is 9.33. The summed E-state index contributed by atoms with van der Waals surface area (Å²) in [5.74, 6) is 1.39. The first-order valence-corrected chi connectivity index (χ1v) is 8.51. The summed E-state index contributed by atoms with van der Waals surface area (Å²) < 4.78 is 1.84. The maximum Gasteiger partial charge on any atom is 0.233 e. The van der Waals surface area contributed by atoms with E-state index in [0.29, 0.717) is 5.75 Å². The van der Waals surface area contributed by atoms with Gasteiger partial charge in [-0.3, -0.25) is 9.69 Å². The van der Waals surface area contributed by atoms with Crippen LogP contribution in [0.2, 0.25) is 0 Å². The third-order valence-corrected chi connectivity index (χ3v) is 4.76. The third-order valence-electron chi connectivity index (χ3n) is 3.74. The summed E-state index contributed by atoms with van der Waals surface area (Å²) in [7, 11) is 1.89. The maximum atomic E-state index is 12.2. The van der Waals surface area contributed by atoms with Crippen molar-refractivity contribution < 1.29 is 4.79 Å². The summed E-state index contributed by atoms with van der Waals surface area (Å²) in [5.41, 5.74) is 0. The van der Waals surface area contributed by atoms with Gasteiger partial charge in [-0.15, -0.1) is 10.2 Å². The van der Waals surface area contributed by atoms with Crippen LogP contribution in [0.3, 0.4) is 0 Å². The van der Waals surface area contributed by atoms with Crippen LogP contribution in [0, 0.1) is 5.92 Å². The van der Waals surface area contributed by atoms with Gasteiger partial charge in [-0.25, -0.2) is 0 Å². The van der Waals surface area contributed by atoms with Gasteiger partial charge in [0, 0.05) is 33.2 Å². The Labute approximate surface area is 130 Å². The van der Waals surface area contributed by atoms with Crippen LogP contribution in [0.5, 0.6) is 0 Å². The lowest BCUT2D eigenvalue weighted by atomic mass is 10.1. The van der Waals surface area contributed by atoms with Crippen molar-refractivity contribution in [1.29, 1.82) is 0 Å². The van der Waals surface area contributed by atoms with E-state index in [1.54, 1.807) is 6.33 Å². The van der Waals surface area contributed by atoms with Crippen LogP contribution in [0.4, 0.5) is 0 Å². The topological polar surface area (TPSA) is 54.3 Å². The first-order valence-electron chi connectivity index (χ1n) is 7.53. The molecule has 21 heavy (non-hydrogen) atoms. The Kier molecular flexibility index (Phi) is 6.05. The van der Waals surface area contributed by atoms with E-state index in [1.807, 2.05) is 16.5 Å². The minimum absolute atomic E-state index is 0.200. The zero-order chi connectivity index (χ0) is 15.2. The molecule has 0 radical (unpaired) electrons. The van der Waals surface area contributed by atoms with Crippen molar-refractivity contribution in [3.8, 4) is 0 Å². The molecule has 1 aliphatic rings. The number of hydrogen-bond donors (Lipinski definition) is 0. The third kappa shape index (κ3) is 5.00. The highest BCUT2D eigenvalue weighted by atomic mass is 32.2. The van der Waals surface area contributed by atoms with Crippen LogP contribution in [0.25, 0.3) is 0 Å². The number of thioether (sulfide) groups is 1. The molecule has 2 heterocycles. The van der Waals surface area contributed by atoms with E-state index in [0.717, 1.165) is 43.8 Å². The Morgan fingerprint density at radius 1 is 1.33 bits per heavy atom. The van der Waals surface area contributed by atoms with E-state index in [2.05, 4.69) is 28.9 Å². The molecule has 0 saturated carbocycles. The average Bonchev–Trinajstić information content (AvgIpc) is 2.88. The van der Waals surface area contributed by atoms with Gasteiger partial charge < -0.3 is 9.47 Å². The molecular weight excluding hydrogens is 286 g/mol. The standard InChI is InChI=1S/C14H25N5OS/c1-12(2)4-5-18-6-8-19(9-7-18)13(20)10-21-14-16-15-11-17(14)3/h11-12H,4-10H2,1-3H3. The average molecular weight is 311 g/mol. The molecule has 1 aromatic heterocycles. The normalized spacial score (nSPS) is 16.7. The lowest BCUT2D eigenvalue weighted by molar-refractivity contribution is -0.130. The molecule has 0 N–H and O–H groups in total. The van der Waals surface area contributed by atoms with Gasteiger partial charge in [-0.1, -0.05) is 25.6 Å². The van der Waals surface area contributed by atoms with E-state index in [4.69, 9.17) is 0 Å². The predicted octanol–water partition coefficient (Wildman–Crippen LogP) is 1.10. The molecule has 0 aliphatic carbocycles. The summed E-state index contributed by atoms with van der Waals surface area (Å²) >= 11 is 1.45. The van der Waals surface area contributed by atoms with Crippen LogP contribution in [-0.4, -0.2) is 68.9 Å². The molecular formula is C14H25N5OS. The summed E-state index contributed by atoms with van der Waals surface area (Å²) in [4.78, 5) is 16.6. The van der Waals surface area contributed by atoms with E-state index in [1.165, 1.54) is 18.2 Å². The Morgan fingerprint density at radius 2 is 2.05 bits per heavy atom. The molecule has 0 bridgehead atoms. The highest BCUT2D eigenvalue weighted by Crippen LogP contribution is 2.15. The molecule has 2 rings (SSSR count). The Morgan fingerprint density at radius 3 is 2.62 bits per heavy atom. The van der Waals surface area contributed by atoms with Crippen LogP contribution < -0.4 is 0 Å². The fraction of sp³-hybridized carbons (Fsp3) is 0.786. The molecule has 1 aromatic rings. The Balaban J connectivity index is 1.69. The number of carbonyl (C=O) groups excluding carboxylic acids is 1. The van der Waals surface area contributed by atoms with Gasteiger partial charge in [-0.05, 0) is 18.9 Å². The molecule has 0 atom stereocenters. The van der Waals surface area contributed by atoms with Gasteiger partial charge in [0.1, 0.15) is 6.33 Å². The number of rotatable bonds is 6. The van der Waals surface area contributed by atoms with Crippen molar-refractivity contribution in [3.05, 3.63) is 6.33 Å². The number of piperazine rings is 1. The van der Waals surface area contributed by atoms with Gasteiger partial charge >= 0.3 is 0 Å². The lowest BCUT2D eigenvalue weighted by Crippen LogP contribution is -2.49. The van der Waals surface area contributed by atoms with Gasteiger partial charge in [0.05, 0.1) is 5.75 Å². The van der Waals surface area contributed by atoms with Crippen molar-refractivity contribution in [1.82, 2.24) is 24.6 Å². The minimum Gasteiger partial charge on any atom is -0.339 e. The van der Waals surface area contributed by atoms with E-state index >= 15 is 0 Å². The second-order valence-electron chi connectivity index (χ2n) is 5.92. The summed E-state index contributed by atoms with van der Waals surface area (Å²) in [5, 5.41) is 8.59. The smallest absolute Gasteiger partial charge is 0.233 e. The molecule has 0 spiro atoms. The molecule has 0 aromatic carbocycles. The fourth-order valence-electron chi connectivity index (χ4n) is 2.28. The molecule has 1 saturated heterocycles. The SMILES string of the molecule is CC(C)CCN1CCN(C(=O)CSc2nncn2C)CC1.